The van der Waals surface area contributed by atoms with E-state index in [1.165, 1.54) is 18.2 Å². The fourth-order valence-corrected chi connectivity index (χ4v) is 4.88. The number of benzene rings is 2. The van der Waals surface area contributed by atoms with Gasteiger partial charge in [-0.1, -0.05) is 49.2 Å². The summed E-state index contributed by atoms with van der Waals surface area (Å²) in [5, 5.41) is 3.82. The Hall–Kier alpha value is -2.80. The number of nitrogens with one attached hydrogen (secondary N) is 1. The van der Waals surface area contributed by atoms with E-state index < -0.39 is 0 Å². The molecule has 2 aromatic carbocycles. The number of hydrogen-bond donors (Lipinski definition) is 1. The summed E-state index contributed by atoms with van der Waals surface area (Å²) in [7, 11) is 1.59. The van der Waals surface area contributed by atoms with Gasteiger partial charge >= 0.3 is 0 Å². The summed E-state index contributed by atoms with van der Waals surface area (Å²) in [6, 6.07) is 14.8. The summed E-state index contributed by atoms with van der Waals surface area (Å²) in [4.78, 5) is 31.0. The number of nitrogens with zero attached hydrogens (tertiary/aromatic N) is 2. The van der Waals surface area contributed by atoms with E-state index in [0.717, 1.165) is 25.7 Å². The van der Waals surface area contributed by atoms with Crippen molar-refractivity contribution in [3.63, 3.8) is 0 Å². The van der Waals surface area contributed by atoms with E-state index in [4.69, 9.17) is 9.72 Å². The second kappa shape index (κ2) is 9.56. The van der Waals surface area contributed by atoms with Crippen LogP contribution in [0.5, 0.6) is 5.75 Å². The van der Waals surface area contributed by atoms with E-state index in [-0.39, 0.29) is 22.8 Å². The van der Waals surface area contributed by atoms with Crippen LogP contribution in [0.3, 0.4) is 0 Å². The van der Waals surface area contributed by atoms with Gasteiger partial charge < -0.3 is 10.1 Å². The zero-order valence-corrected chi connectivity index (χ0v) is 18.7. The van der Waals surface area contributed by atoms with Crippen LogP contribution in [0, 0.1) is 0 Å². The van der Waals surface area contributed by atoms with Crippen LogP contribution in [0.15, 0.2) is 58.5 Å². The van der Waals surface area contributed by atoms with Crippen molar-refractivity contribution in [2.45, 2.75) is 55.5 Å². The van der Waals surface area contributed by atoms with Crippen molar-refractivity contribution in [1.82, 2.24) is 14.9 Å². The fraction of sp³-hybridized carbons (Fsp3) is 0.375. The number of ether oxygens (including phenoxy) is 1. The lowest BCUT2D eigenvalue weighted by molar-refractivity contribution is -0.121. The van der Waals surface area contributed by atoms with Crippen LogP contribution < -0.4 is 15.6 Å². The molecule has 0 aliphatic heterocycles. The van der Waals surface area contributed by atoms with Crippen molar-refractivity contribution in [2.24, 2.45) is 0 Å². The molecule has 162 valence electrons. The van der Waals surface area contributed by atoms with Crippen LogP contribution in [-0.2, 0) is 4.79 Å². The van der Waals surface area contributed by atoms with Gasteiger partial charge in [0.1, 0.15) is 5.75 Å². The monoisotopic (exact) mass is 437 g/mol. The first-order valence-corrected chi connectivity index (χ1v) is 11.6. The molecule has 1 aromatic heterocycles. The highest BCUT2D eigenvalue weighted by atomic mass is 32.2. The Bertz CT molecular complexity index is 1140. The lowest BCUT2D eigenvalue weighted by Crippen LogP contribution is -2.40. The number of fused-ring (bicyclic) bond motifs is 1. The predicted octanol–water partition coefficient (Wildman–Crippen LogP) is 4.32. The number of rotatable bonds is 6. The summed E-state index contributed by atoms with van der Waals surface area (Å²) < 4.78 is 6.91. The molecule has 1 fully saturated rings. The highest BCUT2D eigenvalue weighted by Gasteiger charge is 2.23. The zero-order valence-electron chi connectivity index (χ0n) is 17.8. The van der Waals surface area contributed by atoms with Gasteiger partial charge in [0.2, 0.25) is 5.91 Å². The van der Waals surface area contributed by atoms with Crippen molar-refractivity contribution < 1.29 is 9.53 Å². The molecule has 1 atom stereocenters. The Morgan fingerprint density at radius 3 is 2.71 bits per heavy atom. The third kappa shape index (κ3) is 4.77. The first-order chi connectivity index (χ1) is 15.1. The highest BCUT2D eigenvalue weighted by Crippen LogP contribution is 2.27. The molecule has 3 aromatic rings. The molecular weight excluding hydrogens is 410 g/mol. The average Bonchev–Trinajstić information content (AvgIpc) is 2.80. The molecule has 0 radical (unpaired) electrons. The number of aromatic nitrogens is 2. The molecule has 1 amide bonds. The van der Waals surface area contributed by atoms with Gasteiger partial charge in [-0.25, -0.2) is 4.98 Å². The molecule has 0 spiro atoms. The molecule has 0 saturated heterocycles. The van der Waals surface area contributed by atoms with E-state index in [2.05, 4.69) is 5.32 Å². The van der Waals surface area contributed by atoms with E-state index in [0.29, 0.717) is 27.5 Å². The van der Waals surface area contributed by atoms with Gasteiger partial charge in [-0.15, -0.1) is 0 Å². The van der Waals surface area contributed by atoms with Crippen molar-refractivity contribution in [3.8, 4) is 11.4 Å². The Morgan fingerprint density at radius 2 is 1.94 bits per heavy atom. The molecule has 0 bridgehead atoms. The topological polar surface area (TPSA) is 73.2 Å². The minimum atomic E-state index is -0.383. The molecule has 1 saturated carbocycles. The maximum absolute atomic E-state index is 13.4. The lowest BCUT2D eigenvalue weighted by Gasteiger charge is -2.24. The van der Waals surface area contributed by atoms with Crippen LogP contribution in [0.2, 0.25) is 0 Å². The van der Waals surface area contributed by atoms with Gasteiger partial charge in [0, 0.05) is 12.1 Å². The third-order valence-corrected chi connectivity index (χ3v) is 6.71. The van der Waals surface area contributed by atoms with Gasteiger partial charge in [-0.05, 0) is 44.0 Å². The van der Waals surface area contributed by atoms with Crippen molar-refractivity contribution in [1.29, 1.82) is 0 Å². The average molecular weight is 438 g/mol. The summed E-state index contributed by atoms with van der Waals surface area (Å²) in [6.45, 7) is 1.86. The quantitative estimate of drug-likeness (QED) is 0.459. The van der Waals surface area contributed by atoms with Gasteiger partial charge in [-0.2, -0.15) is 0 Å². The Labute approximate surface area is 186 Å². The normalized spacial score (nSPS) is 15.5. The van der Waals surface area contributed by atoms with Crippen LogP contribution in [-0.4, -0.2) is 33.9 Å². The fourth-order valence-electron chi connectivity index (χ4n) is 3.95. The van der Waals surface area contributed by atoms with E-state index in [1.807, 2.05) is 43.3 Å². The summed E-state index contributed by atoms with van der Waals surface area (Å²) in [5.41, 5.74) is 1.11. The first-order valence-electron chi connectivity index (χ1n) is 10.7. The summed E-state index contributed by atoms with van der Waals surface area (Å²) in [5.74, 6) is 0.632. The molecular formula is C24H27N3O3S. The maximum Gasteiger partial charge on any atom is 0.266 e. The zero-order chi connectivity index (χ0) is 21.8. The molecule has 6 nitrogen and oxygen atoms in total. The summed E-state index contributed by atoms with van der Waals surface area (Å²) in [6.07, 6.45) is 5.63. The van der Waals surface area contributed by atoms with E-state index in [1.54, 1.807) is 23.8 Å². The number of carbonyl (C=O) groups is 1. The molecule has 1 N–H and O–H groups in total. The SMILES string of the molecule is COc1cccc(-n2c(SC(C)C(=O)NC3CCCCC3)nc3ccccc3c2=O)c1. The Balaban J connectivity index is 1.70. The smallest absolute Gasteiger partial charge is 0.266 e. The van der Waals surface area contributed by atoms with Crippen LogP contribution in [0.1, 0.15) is 39.0 Å². The number of para-hydroxylation sites is 1. The highest BCUT2D eigenvalue weighted by molar-refractivity contribution is 8.00. The number of carbonyl (C=O) groups excluding carboxylic acids is 1. The molecule has 7 heteroatoms. The van der Waals surface area contributed by atoms with Crippen molar-refractivity contribution in [3.05, 3.63) is 58.9 Å². The van der Waals surface area contributed by atoms with Gasteiger partial charge in [-0.3, -0.25) is 14.2 Å². The second-order valence-electron chi connectivity index (χ2n) is 7.86. The van der Waals surface area contributed by atoms with Crippen LogP contribution in [0.25, 0.3) is 16.6 Å². The number of hydrogen-bond acceptors (Lipinski definition) is 5. The number of thioether (sulfide) groups is 1. The molecule has 1 unspecified atom stereocenters. The van der Waals surface area contributed by atoms with Crippen LogP contribution in [0.4, 0.5) is 0 Å². The number of methoxy groups -OCH3 is 1. The molecule has 1 aliphatic carbocycles. The minimum absolute atomic E-state index is 0.0171. The van der Waals surface area contributed by atoms with Gasteiger partial charge in [0.05, 0.1) is 29.0 Å². The maximum atomic E-state index is 13.4. The minimum Gasteiger partial charge on any atom is -0.497 e. The Kier molecular flexibility index (Phi) is 6.61. The van der Waals surface area contributed by atoms with Gasteiger partial charge in [0.25, 0.3) is 5.56 Å². The third-order valence-electron chi connectivity index (χ3n) is 5.66. The Morgan fingerprint density at radius 1 is 1.16 bits per heavy atom. The van der Waals surface area contributed by atoms with E-state index >= 15 is 0 Å². The molecule has 31 heavy (non-hydrogen) atoms. The van der Waals surface area contributed by atoms with Crippen LogP contribution >= 0.6 is 11.8 Å². The van der Waals surface area contributed by atoms with Crippen molar-refractivity contribution in [2.75, 3.05) is 7.11 Å². The molecule has 1 aliphatic rings. The van der Waals surface area contributed by atoms with Crippen molar-refractivity contribution >= 4 is 28.6 Å². The van der Waals surface area contributed by atoms with E-state index in [9.17, 15) is 9.59 Å². The number of amides is 1. The lowest BCUT2D eigenvalue weighted by atomic mass is 9.95. The van der Waals surface area contributed by atoms with Gasteiger partial charge in [0.15, 0.2) is 5.16 Å². The largest absolute Gasteiger partial charge is 0.497 e. The standard InChI is InChI=1S/C24H27N3O3S/c1-16(22(28)25-17-9-4-3-5-10-17)31-24-26-21-14-7-6-13-20(21)23(29)27(24)18-11-8-12-19(15-18)30-2/h6-8,11-17H,3-5,9-10H2,1-2H3,(H,25,28). The second-order valence-corrected chi connectivity index (χ2v) is 9.17. The summed E-state index contributed by atoms with van der Waals surface area (Å²) >= 11 is 1.30. The first kappa shape index (κ1) is 21.4. The molecule has 1 heterocycles. The molecule has 4 rings (SSSR count). The predicted molar refractivity (Wildman–Crippen MR) is 124 cm³/mol.